The zero-order valence-electron chi connectivity index (χ0n) is 10.3. The number of hydrogen-bond donors (Lipinski definition) is 0. The van der Waals surface area contributed by atoms with Gasteiger partial charge in [0.1, 0.15) is 0 Å². The van der Waals surface area contributed by atoms with Gasteiger partial charge in [-0.3, -0.25) is 0 Å². The number of para-hydroxylation sites is 1. The third-order valence-corrected chi connectivity index (χ3v) is 2.59. The number of benzene rings is 1. The first-order valence-corrected chi connectivity index (χ1v) is 6.16. The Balaban J connectivity index is 0.000000337. The lowest BCUT2D eigenvalue weighted by atomic mass is 10.0. The highest BCUT2D eigenvalue weighted by Gasteiger charge is 2.13. The highest BCUT2D eigenvalue weighted by atomic mass is 15.1. The lowest BCUT2D eigenvalue weighted by Crippen LogP contribution is -2.28. The van der Waals surface area contributed by atoms with Gasteiger partial charge >= 0.3 is 0 Å². The Bertz CT molecular complexity index is 280. The van der Waals surface area contributed by atoms with Gasteiger partial charge in [0.2, 0.25) is 0 Å². The summed E-state index contributed by atoms with van der Waals surface area (Å²) in [5.41, 5.74) is 2.97. The summed E-state index contributed by atoms with van der Waals surface area (Å²) in [4.78, 5) is 2.46. The Kier molecular flexibility index (Phi) is 5.23. The summed E-state index contributed by atoms with van der Waals surface area (Å²) in [5.74, 6) is 0. The molecular weight excluding hydrogens is 182 g/mol. The maximum Gasteiger partial charge on any atom is 0.0398 e. The third-order valence-electron chi connectivity index (χ3n) is 2.59. The number of nitrogens with zero attached hydrogens (tertiary/aromatic N) is 1. The van der Waals surface area contributed by atoms with Crippen LogP contribution in [-0.2, 0) is 6.42 Å². The number of hydrogen-bond acceptors (Lipinski definition) is 1. The number of rotatable bonds is 1. The first-order valence-electron chi connectivity index (χ1n) is 6.16. The summed E-state index contributed by atoms with van der Waals surface area (Å²) in [6.45, 7) is 8.84. The minimum atomic E-state index is 1.14. The smallest absolute Gasteiger partial charge is 0.0398 e. The van der Waals surface area contributed by atoms with Crippen LogP contribution < -0.4 is 4.90 Å². The van der Waals surface area contributed by atoms with Gasteiger partial charge in [0.05, 0.1) is 0 Å². The molecule has 0 aliphatic carbocycles. The molecule has 1 aromatic carbocycles. The van der Waals surface area contributed by atoms with Crippen LogP contribution in [0.4, 0.5) is 5.69 Å². The second kappa shape index (κ2) is 6.49. The lowest BCUT2D eigenvalue weighted by molar-refractivity contribution is 0.708. The molecule has 0 unspecified atom stereocenters. The minimum absolute atomic E-state index is 1.14. The van der Waals surface area contributed by atoms with E-state index in [0.29, 0.717) is 0 Å². The normalized spacial score (nSPS) is 13.9. The molecule has 0 bridgehead atoms. The number of aryl methyl sites for hydroxylation is 1. The van der Waals surface area contributed by atoms with Gasteiger partial charge in [-0.1, -0.05) is 38.5 Å². The van der Waals surface area contributed by atoms with E-state index in [-0.39, 0.29) is 0 Å². The Morgan fingerprint density at radius 2 is 1.80 bits per heavy atom. The SMILES string of the molecule is CCC.CCN1CCCc2ccccc21. The van der Waals surface area contributed by atoms with Crippen LogP contribution in [0.3, 0.4) is 0 Å². The van der Waals surface area contributed by atoms with Gasteiger partial charge in [-0.2, -0.15) is 0 Å². The standard InChI is InChI=1S/C11H15N.C3H8/c1-2-12-9-5-7-10-6-3-4-8-11(10)12;1-3-2/h3-4,6,8H,2,5,7,9H2,1H3;3H2,1-2H3. The van der Waals surface area contributed by atoms with E-state index in [1.54, 1.807) is 0 Å². The van der Waals surface area contributed by atoms with Gasteiger partial charge in [0.25, 0.3) is 0 Å². The fraction of sp³-hybridized carbons (Fsp3) is 0.571. The molecule has 1 aromatic rings. The minimum Gasteiger partial charge on any atom is -0.372 e. The van der Waals surface area contributed by atoms with Crippen molar-refractivity contribution in [2.24, 2.45) is 0 Å². The molecule has 0 atom stereocenters. The van der Waals surface area contributed by atoms with E-state index in [2.05, 4.69) is 49.9 Å². The topological polar surface area (TPSA) is 3.24 Å². The molecule has 1 heteroatoms. The molecule has 1 heterocycles. The summed E-state index contributed by atoms with van der Waals surface area (Å²) in [6, 6.07) is 8.75. The largest absolute Gasteiger partial charge is 0.372 e. The summed E-state index contributed by atoms with van der Waals surface area (Å²) in [5, 5.41) is 0. The Hall–Kier alpha value is -0.980. The van der Waals surface area contributed by atoms with E-state index in [4.69, 9.17) is 0 Å². The van der Waals surface area contributed by atoms with Crippen LogP contribution in [0, 0.1) is 0 Å². The van der Waals surface area contributed by atoms with Crippen molar-refractivity contribution in [3.63, 3.8) is 0 Å². The van der Waals surface area contributed by atoms with Gasteiger partial charge < -0.3 is 4.90 Å². The van der Waals surface area contributed by atoms with Crippen molar-refractivity contribution in [2.45, 2.75) is 40.0 Å². The zero-order chi connectivity index (χ0) is 11.1. The number of anilines is 1. The first-order chi connectivity index (χ1) is 7.33. The van der Waals surface area contributed by atoms with E-state index < -0.39 is 0 Å². The van der Waals surface area contributed by atoms with Crippen molar-refractivity contribution in [3.05, 3.63) is 29.8 Å². The summed E-state index contributed by atoms with van der Waals surface area (Å²) < 4.78 is 0. The third kappa shape index (κ3) is 3.26. The van der Waals surface area contributed by atoms with Crippen molar-refractivity contribution in [1.29, 1.82) is 0 Å². The summed E-state index contributed by atoms with van der Waals surface area (Å²) >= 11 is 0. The average molecular weight is 205 g/mol. The molecule has 1 nitrogen and oxygen atoms in total. The molecule has 0 radical (unpaired) electrons. The quantitative estimate of drug-likeness (QED) is 0.672. The van der Waals surface area contributed by atoms with Crippen LogP contribution in [0.2, 0.25) is 0 Å². The molecule has 0 aromatic heterocycles. The van der Waals surface area contributed by atoms with Gasteiger partial charge in [-0.25, -0.2) is 0 Å². The van der Waals surface area contributed by atoms with E-state index >= 15 is 0 Å². The van der Waals surface area contributed by atoms with Gasteiger partial charge in [0, 0.05) is 18.8 Å². The van der Waals surface area contributed by atoms with Crippen LogP contribution in [0.1, 0.15) is 39.2 Å². The number of fused-ring (bicyclic) bond motifs is 1. The fourth-order valence-corrected chi connectivity index (χ4v) is 1.94. The predicted molar refractivity (Wildman–Crippen MR) is 68.6 cm³/mol. The maximum atomic E-state index is 2.46. The van der Waals surface area contributed by atoms with Crippen LogP contribution in [0.25, 0.3) is 0 Å². The van der Waals surface area contributed by atoms with E-state index in [1.807, 2.05) is 0 Å². The van der Waals surface area contributed by atoms with E-state index in [9.17, 15) is 0 Å². The maximum absolute atomic E-state index is 2.46. The molecule has 0 N–H and O–H groups in total. The van der Waals surface area contributed by atoms with Gasteiger partial charge in [-0.05, 0) is 31.4 Å². The molecule has 0 fully saturated rings. The molecule has 2 rings (SSSR count). The predicted octanol–water partition coefficient (Wildman–Crippen LogP) is 3.88. The second-order valence-electron chi connectivity index (χ2n) is 4.02. The molecule has 15 heavy (non-hydrogen) atoms. The average Bonchev–Trinajstić information content (AvgIpc) is 2.29. The van der Waals surface area contributed by atoms with Crippen molar-refractivity contribution >= 4 is 5.69 Å². The van der Waals surface area contributed by atoms with Crippen molar-refractivity contribution in [1.82, 2.24) is 0 Å². The Morgan fingerprint density at radius 1 is 1.13 bits per heavy atom. The highest BCUT2D eigenvalue weighted by Crippen LogP contribution is 2.25. The lowest BCUT2D eigenvalue weighted by Gasteiger charge is -2.29. The van der Waals surface area contributed by atoms with Gasteiger partial charge in [-0.15, -0.1) is 0 Å². The van der Waals surface area contributed by atoms with E-state index in [1.165, 1.54) is 37.1 Å². The highest BCUT2D eigenvalue weighted by molar-refractivity contribution is 5.55. The molecule has 1 aliphatic heterocycles. The first kappa shape index (κ1) is 12.1. The monoisotopic (exact) mass is 205 g/mol. The molecule has 0 saturated carbocycles. The molecule has 84 valence electrons. The van der Waals surface area contributed by atoms with E-state index in [0.717, 1.165) is 6.54 Å². The summed E-state index contributed by atoms with van der Waals surface area (Å²) in [6.07, 6.45) is 3.82. The fourth-order valence-electron chi connectivity index (χ4n) is 1.94. The second-order valence-corrected chi connectivity index (χ2v) is 4.02. The van der Waals surface area contributed by atoms with Crippen LogP contribution in [-0.4, -0.2) is 13.1 Å². The molecule has 0 amide bonds. The zero-order valence-corrected chi connectivity index (χ0v) is 10.3. The van der Waals surface area contributed by atoms with Crippen molar-refractivity contribution in [2.75, 3.05) is 18.0 Å². The van der Waals surface area contributed by atoms with Crippen LogP contribution >= 0.6 is 0 Å². The Morgan fingerprint density at radius 3 is 2.47 bits per heavy atom. The van der Waals surface area contributed by atoms with Crippen molar-refractivity contribution < 1.29 is 0 Å². The molecule has 1 aliphatic rings. The van der Waals surface area contributed by atoms with Crippen molar-refractivity contribution in [3.8, 4) is 0 Å². The van der Waals surface area contributed by atoms with Crippen LogP contribution in [0.5, 0.6) is 0 Å². The Labute approximate surface area is 94.1 Å². The van der Waals surface area contributed by atoms with Crippen LogP contribution in [0.15, 0.2) is 24.3 Å². The summed E-state index contributed by atoms with van der Waals surface area (Å²) in [7, 11) is 0. The van der Waals surface area contributed by atoms with Gasteiger partial charge in [0.15, 0.2) is 0 Å². The molecule has 0 spiro atoms. The molecular formula is C14H23N. The molecule has 0 saturated heterocycles.